The van der Waals surface area contributed by atoms with Crippen LogP contribution in [0.1, 0.15) is 29.8 Å². The lowest BCUT2D eigenvalue weighted by Crippen LogP contribution is -2.14. The van der Waals surface area contributed by atoms with E-state index >= 15 is 0 Å². The molecule has 3 nitrogen and oxygen atoms in total. The number of aryl methyl sites for hydroxylation is 1. The van der Waals surface area contributed by atoms with E-state index in [1.54, 1.807) is 0 Å². The maximum atomic E-state index is 12.3. The van der Waals surface area contributed by atoms with Crippen LogP contribution >= 0.6 is 0 Å². The van der Waals surface area contributed by atoms with Crippen LogP contribution < -0.4 is 10.6 Å². The SMILES string of the molecule is CCNc1ccccc1C(=O)Nc1ccc(CC)cc1. The quantitative estimate of drug-likeness (QED) is 0.862. The second kappa shape index (κ2) is 6.75. The van der Waals surface area contributed by atoms with Crippen LogP contribution in [-0.4, -0.2) is 12.5 Å². The highest BCUT2D eigenvalue weighted by atomic mass is 16.1. The lowest BCUT2D eigenvalue weighted by Gasteiger charge is -2.11. The van der Waals surface area contributed by atoms with Crippen LogP contribution in [-0.2, 0) is 6.42 Å². The number of carbonyl (C=O) groups excluding carboxylic acids is 1. The molecule has 20 heavy (non-hydrogen) atoms. The molecule has 0 atom stereocenters. The molecule has 0 aliphatic heterocycles. The van der Waals surface area contributed by atoms with Crippen LogP contribution in [0.4, 0.5) is 11.4 Å². The Morgan fingerprint density at radius 3 is 2.35 bits per heavy atom. The standard InChI is InChI=1S/C17H20N2O/c1-3-13-9-11-14(12-10-13)19-17(20)15-7-5-6-8-16(15)18-4-2/h5-12,18H,3-4H2,1-2H3,(H,19,20). The number of rotatable bonds is 5. The number of para-hydroxylation sites is 1. The highest BCUT2D eigenvalue weighted by molar-refractivity contribution is 6.08. The van der Waals surface area contributed by atoms with Gasteiger partial charge in [-0.3, -0.25) is 4.79 Å². The molecule has 0 aromatic heterocycles. The average Bonchev–Trinajstić information content (AvgIpc) is 2.49. The Hall–Kier alpha value is -2.29. The second-order valence-corrected chi connectivity index (χ2v) is 4.58. The van der Waals surface area contributed by atoms with Gasteiger partial charge in [0.25, 0.3) is 5.91 Å². The Morgan fingerprint density at radius 2 is 1.70 bits per heavy atom. The van der Waals surface area contributed by atoms with Gasteiger partial charge >= 0.3 is 0 Å². The molecule has 0 spiro atoms. The Morgan fingerprint density at radius 1 is 1.00 bits per heavy atom. The van der Waals surface area contributed by atoms with Crippen molar-refractivity contribution in [3.63, 3.8) is 0 Å². The second-order valence-electron chi connectivity index (χ2n) is 4.58. The lowest BCUT2D eigenvalue weighted by atomic mass is 10.1. The minimum Gasteiger partial charge on any atom is -0.385 e. The largest absolute Gasteiger partial charge is 0.385 e. The van der Waals surface area contributed by atoms with E-state index in [1.807, 2.05) is 55.5 Å². The summed E-state index contributed by atoms with van der Waals surface area (Å²) in [5.41, 5.74) is 3.60. The number of amides is 1. The van der Waals surface area contributed by atoms with Crippen molar-refractivity contribution in [1.82, 2.24) is 0 Å². The van der Waals surface area contributed by atoms with E-state index in [2.05, 4.69) is 17.6 Å². The molecule has 0 bridgehead atoms. The summed E-state index contributed by atoms with van der Waals surface area (Å²) < 4.78 is 0. The number of hydrogen-bond acceptors (Lipinski definition) is 2. The molecule has 104 valence electrons. The molecule has 0 aliphatic rings. The van der Waals surface area contributed by atoms with Gasteiger partial charge in [0.15, 0.2) is 0 Å². The van der Waals surface area contributed by atoms with Crippen LogP contribution in [0.25, 0.3) is 0 Å². The van der Waals surface area contributed by atoms with E-state index in [0.717, 1.165) is 24.3 Å². The number of hydrogen-bond donors (Lipinski definition) is 2. The molecule has 3 heteroatoms. The fourth-order valence-electron chi connectivity index (χ4n) is 2.05. The van der Waals surface area contributed by atoms with E-state index in [1.165, 1.54) is 5.56 Å². The zero-order valence-corrected chi connectivity index (χ0v) is 11.9. The molecule has 2 N–H and O–H groups in total. The van der Waals surface area contributed by atoms with Crippen molar-refractivity contribution in [3.05, 3.63) is 59.7 Å². The summed E-state index contributed by atoms with van der Waals surface area (Å²) in [4.78, 5) is 12.3. The van der Waals surface area contributed by atoms with Gasteiger partial charge in [-0.05, 0) is 43.2 Å². The predicted octanol–water partition coefficient (Wildman–Crippen LogP) is 3.93. The molecule has 2 aromatic rings. The van der Waals surface area contributed by atoms with Gasteiger partial charge in [-0.25, -0.2) is 0 Å². The smallest absolute Gasteiger partial charge is 0.257 e. The van der Waals surface area contributed by atoms with Crippen molar-refractivity contribution in [3.8, 4) is 0 Å². The summed E-state index contributed by atoms with van der Waals surface area (Å²) >= 11 is 0. The maximum Gasteiger partial charge on any atom is 0.257 e. The zero-order chi connectivity index (χ0) is 14.4. The lowest BCUT2D eigenvalue weighted by molar-refractivity contribution is 0.102. The normalized spacial score (nSPS) is 10.1. The molecule has 0 saturated heterocycles. The monoisotopic (exact) mass is 268 g/mol. The maximum absolute atomic E-state index is 12.3. The molecule has 0 heterocycles. The number of nitrogens with one attached hydrogen (secondary N) is 2. The molecule has 0 saturated carbocycles. The summed E-state index contributed by atoms with van der Waals surface area (Å²) in [5.74, 6) is -0.0919. The first-order chi connectivity index (χ1) is 9.74. The summed E-state index contributed by atoms with van der Waals surface area (Å²) in [7, 11) is 0. The molecule has 2 rings (SSSR count). The topological polar surface area (TPSA) is 41.1 Å². The molecular weight excluding hydrogens is 248 g/mol. The van der Waals surface area contributed by atoms with Crippen LogP contribution in [0.5, 0.6) is 0 Å². The average molecular weight is 268 g/mol. The summed E-state index contributed by atoms with van der Waals surface area (Å²) in [6.07, 6.45) is 0.997. The highest BCUT2D eigenvalue weighted by Gasteiger charge is 2.10. The number of carbonyl (C=O) groups is 1. The first-order valence-corrected chi connectivity index (χ1v) is 6.97. The zero-order valence-electron chi connectivity index (χ0n) is 11.9. The number of anilines is 2. The van der Waals surface area contributed by atoms with Crippen LogP contribution in [0.15, 0.2) is 48.5 Å². The molecule has 0 radical (unpaired) electrons. The number of benzene rings is 2. The predicted molar refractivity (Wildman–Crippen MR) is 84.4 cm³/mol. The van der Waals surface area contributed by atoms with E-state index in [9.17, 15) is 4.79 Å². The van der Waals surface area contributed by atoms with Gasteiger partial charge in [-0.15, -0.1) is 0 Å². The third kappa shape index (κ3) is 3.38. The summed E-state index contributed by atoms with van der Waals surface area (Å²) in [6, 6.07) is 15.5. The Balaban J connectivity index is 2.15. The van der Waals surface area contributed by atoms with Gasteiger partial charge in [0.05, 0.1) is 5.56 Å². The molecular formula is C17H20N2O. The minimum atomic E-state index is -0.0919. The highest BCUT2D eigenvalue weighted by Crippen LogP contribution is 2.17. The molecule has 0 aliphatic carbocycles. The van der Waals surface area contributed by atoms with Gasteiger partial charge in [0.1, 0.15) is 0 Å². The third-order valence-corrected chi connectivity index (χ3v) is 3.16. The van der Waals surface area contributed by atoms with Crippen molar-refractivity contribution in [1.29, 1.82) is 0 Å². The van der Waals surface area contributed by atoms with Crippen LogP contribution in [0.2, 0.25) is 0 Å². The van der Waals surface area contributed by atoms with Gasteiger partial charge < -0.3 is 10.6 Å². The van der Waals surface area contributed by atoms with Crippen molar-refractivity contribution in [2.24, 2.45) is 0 Å². The molecule has 2 aromatic carbocycles. The van der Waals surface area contributed by atoms with E-state index in [0.29, 0.717) is 5.56 Å². The van der Waals surface area contributed by atoms with E-state index < -0.39 is 0 Å². The van der Waals surface area contributed by atoms with Crippen molar-refractivity contribution >= 4 is 17.3 Å². The van der Waals surface area contributed by atoms with E-state index in [4.69, 9.17) is 0 Å². The van der Waals surface area contributed by atoms with Crippen molar-refractivity contribution < 1.29 is 4.79 Å². The van der Waals surface area contributed by atoms with Gasteiger partial charge in [-0.2, -0.15) is 0 Å². The molecule has 0 unspecified atom stereocenters. The fraction of sp³-hybridized carbons (Fsp3) is 0.235. The molecule has 1 amide bonds. The molecule has 0 fully saturated rings. The van der Waals surface area contributed by atoms with Crippen LogP contribution in [0.3, 0.4) is 0 Å². The van der Waals surface area contributed by atoms with Crippen LogP contribution in [0, 0.1) is 0 Å². The van der Waals surface area contributed by atoms with Crippen molar-refractivity contribution in [2.75, 3.05) is 17.2 Å². The fourth-order valence-corrected chi connectivity index (χ4v) is 2.05. The Bertz CT molecular complexity index is 576. The Kier molecular flexibility index (Phi) is 4.77. The summed E-state index contributed by atoms with van der Waals surface area (Å²) in [6.45, 7) is 4.91. The first-order valence-electron chi connectivity index (χ1n) is 6.97. The van der Waals surface area contributed by atoms with Gasteiger partial charge in [-0.1, -0.05) is 31.2 Å². The Labute approximate surface area is 120 Å². The minimum absolute atomic E-state index is 0.0919. The summed E-state index contributed by atoms with van der Waals surface area (Å²) in [5, 5.41) is 6.13. The third-order valence-electron chi connectivity index (χ3n) is 3.16. The first kappa shape index (κ1) is 14.1. The van der Waals surface area contributed by atoms with E-state index in [-0.39, 0.29) is 5.91 Å². The van der Waals surface area contributed by atoms with Gasteiger partial charge in [0, 0.05) is 17.9 Å². The van der Waals surface area contributed by atoms with Gasteiger partial charge in [0.2, 0.25) is 0 Å². The van der Waals surface area contributed by atoms with Crippen molar-refractivity contribution in [2.45, 2.75) is 20.3 Å².